The first kappa shape index (κ1) is 87.5. The Hall–Kier alpha value is -5.68. The summed E-state index contributed by atoms with van der Waals surface area (Å²) in [5.41, 5.74) is 3.87. The van der Waals surface area contributed by atoms with Gasteiger partial charge in [-0.15, -0.1) is 0 Å². The maximum Gasteiger partial charge on any atom is 1.00 e. The topological polar surface area (TPSA) is 229 Å². The number of esters is 2. The Morgan fingerprint density at radius 1 is 0.586 bits per heavy atom. The van der Waals surface area contributed by atoms with E-state index < -0.39 is 29.2 Å². The number of aliphatic imine (C=N–C) groups is 2. The third-order valence-electron chi connectivity index (χ3n) is 16.1. The number of nitrogens with zero attached hydrogens (tertiary/aromatic N) is 5. The molecule has 99 heavy (non-hydrogen) atoms. The number of benzene rings is 4. The number of halogens is 4. The molecule has 0 bridgehead atoms. The van der Waals surface area contributed by atoms with Gasteiger partial charge in [-0.25, -0.2) is 29.0 Å². The predicted octanol–water partition coefficient (Wildman–Crippen LogP) is 12.8. The smallest absolute Gasteiger partial charge is 0.793 e. The van der Waals surface area contributed by atoms with E-state index in [4.69, 9.17) is 65.9 Å². The number of hydrogen-bond donors (Lipinski definition) is 1. The number of hydrogen-bond acceptors (Lipinski definition) is 17. The first-order chi connectivity index (χ1) is 46.0. The van der Waals surface area contributed by atoms with Crippen molar-refractivity contribution in [3.8, 4) is 0 Å². The fourth-order valence-corrected chi connectivity index (χ4v) is 12.5. The zero-order valence-corrected chi connectivity index (χ0v) is 65.6. The SMILES string of the molecule is CC(=O)OOC(C)=O.CC(C)OC(=O)c1ccc([C@@H](CCC(C)(C)C)N2C(=O)C(c3cc(Cl)cc(Cl)c3)=NC23CCNCC3)cc1.CCCC=O.CCCCN1CCC2(CC1)N=C(c1cc(Cl)cc(Cl)c1)C(=O)N2[C@H](CCC(C)(C)C)c1ccc(C(=O)OC(C)C)cc1.[B-]OC(C)=O.[Na+]. The summed E-state index contributed by atoms with van der Waals surface area (Å²) >= 11 is 25.4. The Morgan fingerprint density at radius 3 is 1.22 bits per heavy atom. The Balaban J connectivity index is 0.000000410. The summed E-state index contributed by atoms with van der Waals surface area (Å²) in [6.45, 7) is 32.7. The molecule has 2 atom stereocenters. The van der Waals surface area contributed by atoms with Crippen molar-refractivity contribution in [2.24, 2.45) is 20.8 Å². The molecule has 0 aromatic heterocycles. The van der Waals surface area contributed by atoms with Crippen molar-refractivity contribution in [2.45, 2.75) is 217 Å². The van der Waals surface area contributed by atoms with E-state index in [2.05, 4.69) is 81.2 Å². The molecule has 4 heterocycles. The fraction of sp³-hybridized carbons (Fsp3) is 0.541. The van der Waals surface area contributed by atoms with Crippen LogP contribution >= 0.6 is 46.4 Å². The number of carbonyl (C=O) groups is 8. The van der Waals surface area contributed by atoms with Gasteiger partial charge in [0.15, 0.2) is 0 Å². The molecule has 0 unspecified atom stereocenters. The van der Waals surface area contributed by atoms with Gasteiger partial charge in [0.05, 0.1) is 35.4 Å². The molecule has 1 N–H and O–H groups in total. The van der Waals surface area contributed by atoms with Gasteiger partial charge >= 0.3 is 53.4 Å². The summed E-state index contributed by atoms with van der Waals surface area (Å²) in [6, 6.07) is 25.0. The third-order valence-corrected chi connectivity index (χ3v) is 17.0. The standard InChI is InChI=1S/C34H45Cl2N3O3.C30H37Cl2N3O3.C4H6O4.C4H8O.C2H3BO2.Na/c1-7-8-17-38-18-15-34(16-19-38)37-30(26-20-27(35)22-28(36)21-26)31(40)39(34)29(13-14-33(4,5)6)24-9-11-25(12-10-24)32(41)42-23(2)3;1-19(2)38-28(37)21-8-6-20(7-9-21)25(10-11-29(3,4)5)35-27(36)26(22-16-23(31)18-24(32)17-22)34-30(35)12-14-33-15-13-30;1-3(5)7-8-4(2)6;1-2-3-4-5;1-2(4)5-3;/h9-12,20-23,29H,7-8,13-19H2,1-6H3;6-9,16-19,25,33H,10-15H2,1-5H3;1-2H3;4H,2-3H2,1H3;1H3;/q;;;;-1;+1/t29-;25-;;;;/m11..../s1. The van der Waals surface area contributed by atoms with Crippen molar-refractivity contribution < 1.29 is 91.8 Å². The van der Waals surface area contributed by atoms with Crippen LogP contribution in [0, 0.1) is 10.8 Å². The van der Waals surface area contributed by atoms with Gasteiger partial charge in [0.2, 0.25) is 5.97 Å². The van der Waals surface area contributed by atoms with Gasteiger partial charge in [-0.05, 0) is 168 Å². The minimum absolute atomic E-state index is 0. The summed E-state index contributed by atoms with van der Waals surface area (Å²) in [6.07, 6.45) is 10.8. The maximum atomic E-state index is 14.5. The molecule has 4 aromatic carbocycles. The summed E-state index contributed by atoms with van der Waals surface area (Å²) in [4.78, 5) is 117. The van der Waals surface area contributed by atoms with Crippen LogP contribution in [0.2, 0.25) is 20.1 Å². The first-order valence-electron chi connectivity index (χ1n) is 33.5. The molecule has 0 saturated carbocycles. The van der Waals surface area contributed by atoms with E-state index in [1.807, 2.05) is 80.8 Å². The molecule has 4 aromatic rings. The largest absolute Gasteiger partial charge is 1.00 e. The van der Waals surface area contributed by atoms with Crippen LogP contribution in [0.25, 0.3) is 0 Å². The number of rotatable bonds is 19. The molecule has 3 radical (unpaired) electrons. The number of piperidine rings is 2. The molecule has 8 rings (SSSR count). The predicted molar refractivity (Wildman–Crippen MR) is 387 cm³/mol. The van der Waals surface area contributed by atoms with Crippen LogP contribution in [0.5, 0.6) is 0 Å². The second kappa shape index (κ2) is 41.4. The van der Waals surface area contributed by atoms with Crippen molar-refractivity contribution >= 4 is 114 Å². The van der Waals surface area contributed by atoms with E-state index in [1.165, 1.54) is 6.92 Å². The second-order valence-electron chi connectivity index (χ2n) is 27.6. The van der Waals surface area contributed by atoms with Gasteiger partial charge in [-0.2, -0.15) is 0 Å². The van der Waals surface area contributed by atoms with Crippen LogP contribution in [0.1, 0.15) is 236 Å². The van der Waals surface area contributed by atoms with E-state index >= 15 is 0 Å². The fourth-order valence-electron chi connectivity index (χ4n) is 11.4. The molecule has 25 heteroatoms. The Labute approximate surface area is 629 Å². The molecule has 19 nitrogen and oxygen atoms in total. The minimum Gasteiger partial charge on any atom is -0.793 e. The molecule has 4 aliphatic heterocycles. The minimum atomic E-state index is -0.665. The number of unbranched alkanes of at least 4 members (excludes halogenated alkanes) is 2. The number of amides is 2. The number of nitrogens with one attached hydrogen (secondary N) is 1. The van der Waals surface area contributed by atoms with Crippen molar-refractivity contribution in [3.63, 3.8) is 0 Å². The van der Waals surface area contributed by atoms with E-state index in [-0.39, 0.29) is 88.4 Å². The van der Waals surface area contributed by atoms with Gasteiger partial charge in [0, 0.05) is 97.2 Å². The molecule has 535 valence electrons. The van der Waals surface area contributed by atoms with Crippen LogP contribution in [0.4, 0.5) is 0 Å². The number of carbonyl (C=O) groups excluding carboxylic acids is 8. The normalized spacial score (nSPS) is 16.0. The van der Waals surface area contributed by atoms with E-state index in [0.717, 1.165) is 122 Å². The molecule has 4 aliphatic rings. The Bertz CT molecular complexity index is 3350. The molecule has 2 saturated heterocycles. The van der Waals surface area contributed by atoms with E-state index in [0.29, 0.717) is 73.0 Å². The molecule has 2 spiro atoms. The average Bonchev–Trinajstić information content (AvgIpc) is 1.61. The molecule has 2 fully saturated rings. The number of ether oxygens (including phenoxy) is 2. The van der Waals surface area contributed by atoms with Gasteiger partial charge in [-0.3, -0.25) is 24.4 Å². The van der Waals surface area contributed by atoms with Crippen LogP contribution in [0.15, 0.2) is 94.9 Å². The van der Waals surface area contributed by atoms with Crippen LogP contribution in [-0.4, -0.2) is 138 Å². The second-order valence-corrected chi connectivity index (χ2v) is 29.3. The molecular formula is C74H99BCl4N6NaO13. The van der Waals surface area contributed by atoms with Crippen molar-refractivity contribution in [1.29, 1.82) is 0 Å². The monoisotopic (exact) mass is 1450 g/mol. The quantitative estimate of drug-likeness (QED) is 0.0303. The number of aldehydes is 1. The van der Waals surface area contributed by atoms with Gasteiger partial charge in [-0.1, -0.05) is 132 Å². The summed E-state index contributed by atoms with van der Waals surface area (Å²) in [5, 5.41) is 5.30. The summed E-state index contributed by atoms with van der Waals surface area (Å²) in [7, 11) is 4.32. The third kappa shape index (κ3) is 28.2. The Kier molecular flexibility index (Phi) is 36.6. The van der Waals surface area contributed by atoms with Crippen molar-refractivity contribution in [2.75, 3.05) is 32.7 Å². The average molecular weight is 1460 g/mol. The zero-order chi connectivity index (χ0) is 73.3. The Morgan fingerprint density at radius 2 is 0.939 bits per heavy atom. The van der Waals surface area contributed by atoms with Crippen LogP contribution in [-0.2, 0) is 52.7 Å². The zero-order valence-electron chi connectivity index (χ0n) is 60.6. The molecule has 2 amide bonds. The van der Waals surface area contributed by atoms with Gasteiger partial charge in [0.25, 0.3) is 11.8 Å². The molecule has 0 aliphatic carbocycles. The maximum absolute atomic E-state index is 14.5. The first-order valence-corrected chi connectivity index (χ1v) is 35.0. The summed E-state index contributed by atoms with van der Waals surface area (Å²) in [5.74, 6) is -2.66. The summed E-state index contributed by atoms with van der Waals surface area (Å²) < 4.78 is 14.4. The van der Waals surface area contributed by atoms with Gasteiger partial charge in [0.1, 0.15) is 29.0 Å². The number of likely N-dealkylation sites (tertiary alicyclic amines) is 1. The van der Waals surface area contributed by atoms with Gasteiger partial charge < -0.3 is 47.0 Å². The van der Waals surface area contributed by atoms with Crippen LogP contribution < -0.4 is 34.9 Å². The van der Waals surface area contributed by atoms with Crippen molar-refractivity contribution in [1.82, 2.24) is 20.0 Å². The van der Waals surface area contributed by atoms with E-state index in [9.17, 15) is 38.4 Å². The van der Waals surface area contributed by atoms with Crippen molar-refractivity contribution in [3.05, 3.63) is 138 Å². The van der Waals surface area contributed by atoms with Crippen LogP contribution in [0.3, 0.4) is 0 Å². The molecular weight excluding hydrogens is 1360 g/mol. The van der Waals surface area contributed by atoms with E-state index in [1.54, 1.807) is 48.5 Å².